The van der Waals surface area contributed by atoms with E-state index in [2.05, 4.69) is 49.7 Å². The molecule has 2 atom stereocenters. The molecular weight excluding hydrogens is 485 g/mol. The summed E-state index contributed by atoms with van der Waals surface area (Å²) in [5, 5.41) is 2.65. The maximum absolute atomic E-state index is 12.6. The molecule has 1 heterocycles. The molecule has 36 heavy (non-hydrogen) atoms. The molecule has 0 saturated carbocycles. The number of phosphoric acid groups is 1. The summed E-state index contributed by atoms with van der Waals surface area (Å²) in [6.07, 6.45) is 7.95. The Morgan fingerprint density at radius 3 is 2.61 bits per heavy atom. The van der Waals surface area contributed by atoms with E-state index in [1.165, 1.54) is 5.57 Å². The van der Waals surface area contributed by atoms with Crippen molar-refractivity contribution >= 4 is 13.9 Å². The minimum Gasteiger partial charge on any atom is -0.487 e. The molecule has 0 spiro atoms. The van der Waals surface area contributed by atoms with Crippen molar-refractivity contribution in [3.8, 4) is 11.5 Å². The number of ether oxygens (including phenoxy) is 2. The zero-order valence-corrected chi connectivity index (χ0v) is 22.9. The Hall–Kier alpha value is -1.94. The molecule has 0 aromatic heterocycles. The van der Waals surface area contributed by atoms with Gasteiger partial charge in [0.15, 0.2) is 0 Å². The first-order chi connectivity index (χ1) is 16.0. The van der Waals surface area contributed by atoms with Gasteiger partial charge in [-0.05, 0) is 70.6 Å². The molecule has 0 bridgehead atoms. The van der Waals surface area contributed by atoms with E-state index in [1.807, 2.05) is 6.07 Å². The average Bonchev–Trinajstić information content (AvgIpc) is 2.72. The van der Waals surface area contributed by atoms with Crippen molar-refractivity contribution in [3.05, 3.63) is 34.9 Å². The van der Waals surface area contributed by atoms with Crippen LogP contribution in [0.25, 0.3) is 0 Å². The topological polar surface area (TPSA) is 184 Å². The minimum absolute atomic E-state index is 0. The number of rotatable bonds is 10. The Morgan fingerprint density at radius 1 is 1.22 bits per heavy atom. The predicted molar refractivity (Wildman–Crippen MR) is 140 cm³/mol. The molecule has 0 saturated heterocycles. The summed E-state index contributed by atoms with van der Waals surface area (Å²) in [6, 6.07) is 4.08. The summed E-state index contributed by atoms with van der Waals surface area (Å²) < 4.78 is 27.5. The third kappa shape index (κ3) is 8.57. The molecule has 1 aliphatic carbocycles. The standard InChI is InChI=1S/C25H38NO7P.2H3N/c1-5-6-7-9-18-15-21(32-24(27)26-12-8-13-31-34(28,29)30)23-19-14-17(2)10-11-20(19)25(3,4)33-22(23)16-18;;/h10,15-16,19-20H,5-9,11-14H2,1-4H3,(H,26,27)(H2,28,29,30);2*1H3/t19-,20-;;/m1../s1. The molecule has 2 aliphatic rings. The molecule has 0 unspecified atom stereocenters. The first kappa shape index (κ1) is 32.1. The lowest BCUT2D eigenvalue weighted by molar-refractivity contribution is 0.00764. The highest BCUT2D eigenvalue weighted by molar-refractivity contribution is 7.46. The molecule has 1 aromatic rings. The van der Waals surface area contributed by atoms with E-state index >= 15 is 0 Å². The number of hydrogen-bond acceptors (Lipinski definition) is 7. The number of fused-ring (bicyclic) bond motifs is 3. The summed E-state index contributed by atoms with van der Waals surface area (Å²) in [4.78, 5) is 30.1. The van der Waals surface area contributed by atoms with Crippen molar-refractivity contribution in [2.45, 2.75) is 84.2 Å². The van der Waals surface area contributed by atoms with Gasteiger partial charge >= 0.3 is 13.9 Å². The van der Waals surface area contributed by atoms with Gasteiger partial charge in [0.2, 0.25) is 0 Å². The second-order valence-electron chi connectivity index (χ2n) is 9.87. The number of phosphoric ester groups is 1. The van der Waals surface area contributed by atoms with E-state index in [0.29, 0.717) is 5.75 Å². The lowest BCUT2D eigenvalue weighted by Gasteiger charge is -2.47. The van der Waals surface area contributed by atoms with Crippen LogP contribution < -0.4 is 27.1 Å². The largest absolute Gasteiger partial charge is 0.487 e. The molecule has 206 valence electrons. The van der Waals surface area contributed by atoms with Crippen LogP contribution in [-0.4, -0.2) is 34.6 Å². The van der Waals surface area contributed by atoms with E-state index < -0.39 is 13.9 Å². The van der Waals surface area contributed by atoms with Crippen molar-refractivity contribution in [2.75, 3.05) is 13.2 Å². The molecule has 0 radical (unpaired) electrons. The van der Waals surface area contributed by atoms with Crippen LogP contribution in [0.4, 0.5) is 4.79 Å². The molecule has 11 heteroatoms. The number of carbonyl (C=O) groups is 1. The number of nitrogens with one attached hydrogen (secondary N) is 1. The summed E-state index contributed by atoms with van der Waals surface area (Å²) in [7, 11) is -4.51. The van der Waals surface area contributed by atoms with Crippen LogP contribution in [-0.2, 0) is 15.5 Å². The maximum atomic E-state index is 12.6. The van der Waals surface area contributed by atoms with E-state index in [9.17, 15) is 9.36 Å². The average molecular weight is 530 g/mol. The molecule has 3 rings (SSSR count). The second kappa shape index (κ2) is 13.6. The first-order valence-electron chi connectivity index (χ1n) is 12.2. The quantitative estimate of drug-likeness (QED) is 0.139. The number of allylic oxidation sites excluding steroid dienone is 2. The Labute approximate surface area is 214 Å². The van der Waals surface area contributed by atoms with Gasteiger partial charge in [-0.2, -0.15) is 0 Å². The van der Waals surface area contributed by atoms with Crippen LogP contribution in [0.5, 0.6) is 11.5 Å². The van der Waals surface area contributed by atoms with Gasteiger partial charge in [-0.3, -0.25) is 4.52 Å². The van der Waals surface area contributed by atoms with Crippen LogP contribution in [0, 0.1) is 5.92 Å². The highest BCUT2D eigenvalue weighted by Crippen LogP contribution is 2.54. The van der Waals surface area contributed by atoms with Gasteiger partial charge in [0.05, 0.1) is 6.61 Å². The van der Waals surface area contributed by atoms with E-state index in [0.717, 1.165) is 55.4 Å². The lowest BCUT2D eigenvalue weighted by atomic mass is 9.67. The van der Waals surface area contributed by atoms with Crippen molar-refractivity contribution in [2.24, 2.45) is 5.92 Å². The number of hydrogen-bond donors (Lipinski definition) is 5. The van der Waals surface area contributed by atoms with Crippen LogP contribution in [0.3, 0.4) is 0 Å². The van der Waals surface area contributed by atoms with Gasteiger partial charge < -0.3 is 36.9 Å². The van der Waals surface area contributed by atoms with Crippen molar-refractivity contribution in [3.63, 3.8) is 0 Å². The fraction of sp³-hybridized carbons (Fsp3) is 0.640. The van der Waals surface area contributed by atoms with Crippen LogP contribution in [0.15, 0.2) is 23.8 Å². The minimum atomic E-state index is -4.51. The fourth-order valence-electron chi connectivity index (χ4n) is 4.99. The molecule has 9 N–H and O–H groups in total. The van der Waals surface area contributed by atoms with Gasteiger partial charge in [-0.15, -0.1) is 0 Å². The molecule has 10 nitrogen and oxygen atoms in total. The summed E-state index contributed by atoms with van der Waals surface area (Å²) in [6.45, 7) is 8.60. The highest BCUT2D eigenvalue weighted by Gasteiger charge is 2.46. The summed E-state index contributed by atoms with van der Waals surface area (Å²) in [5.74, 6) is 1.82. The molecule has 1 aromatic carbocycles. The second-order valence-corrected chi connectivity index (χ2v) is 11.1. The Bertz CT molecular complexity index is 961. The normalized spacial score (nSPS) is 19.9. The van der Waals surface area contributed by atoms with Gasteiger partial charge in [0.25, 0.3) is 0 Å². The van der Waals surface area contributed by atoms with Gasteiger partial charge in [-0.1, -0.05) is 31.4 Å². The highest BCUT2D eigenvalue weighted by atomic mass is 31.2. The zero-order chi connectivity index (χ0) is 24.9. The number of aryl methyl sites for hydroxylation is 1. The Balaban J connectivity index is 0.00000324. The van der Waals surface area contributed by atoms with Crippen LogP contribution >= 0.6 is 7.82 Å². The molecule has 1 aliphatic heterocycles. The lowest BCUT2D eigenvalue weighted by Crippen LogP contribution is -2.45. The smallest absolute Gasteiger partial charge is 0.469 e. The SMILES string of the molecule is CCCCCc1cc(OC(=O)NCCCOP(=O)(O)O)c2c(c1)OC(C)(C)[C@@H]1CC=C(C)C[C@@H]21.N.N. The first-order valence-corrected chi connectivity index (χ1v) is 13.7. The van der Waals surface area contributed by atoms with Crippen LogP contribution in [0.1, 0.15) is 83.3 Å². The zero-order valence-electron chi connectivity index (χ0n) is 22.0. The number of benzene rings is 1. The Kier molecular flexibility index (Phi) is 12.1. The number of unbranched alkanes of at least 4 members (excludes halogenated alkanes) is 2. The summed E-state index contributed by atoms with van der Waals surface area (Å²) in [5.41, 5.74) is 3.05. The molecule has 1 amide bonds. The maximum Gasteiger partial charge on any atom is 0.469 e. The van der Waals surface area contributed by atoms with Gasteiger partial charge in [0.1, 0.15) is 17.1 Å². The van der Waals surface area contributed by atoms with Crippen molar-refractivity contribution in [1.82, 2.24) is 17.6 Å². The third-order valence-electron chi connectivity index (χ3n) is 6.67. The van der Waals surface area contributed by atoms with Crippen molar-refractivity contribution < 1.29 is 33.1 Å². The summed E-state index contributed by atoms with van der Waals surface area (Å²) >= 11 is 0. The number of carbonyl (C=O) groups excluding carboxylic acids is 1. The monoisotopic (exact) mass is 529 g/mol. The number of amides is 1. The predicted octanol–water partition coefficient (Wildman–Crippen LogP) is 5.94. The van der Waals surface area contributed by atoms with E-state index in [4.69, 9.17) is 19.3 Å². The van der Waals surface area contributed by atoms with Crippen LogP contribution in [0.2, 0.25) is 0 Å². The van der Waals surface area contributed by atoms with E-state index in [-0.39, 0.29) is 49.3 Å². The Morgan fingerprint density at radius 2 is 1.94 bits per heavy atom. The van der Waals surface area contributed by atoms with Gasteiger partial charge in [-0.25, -0.2) is 9.36 Å². The molecular formula is C25H44N3O7P. The van der Waals surface area contributed by atoms with Crippen molar-refractivity contribution in [1.29, 1.82) is 0 Å². The van der Waals surface area contributed by atoms with E-state index in [1.54, 1.807) is 0 Å². The van der Waals surface area contributed by atoms with Gasteiger partial charge in [0, 0.05) is 23.9 Å². The fourth-order valence-corrected chi connectivity index (χ4v) is 5.36. The molecule has 0 fully saturated rings. The third-order valence-corrected chi connectivity index (χ3v) is 7.19.